The maximum absolute atomic E-state index is 6.13. The fourth-order valence-electron chi connectivity index (χ4n) is 3.59. The number of hydrogen-bond donors (Lipinski definition) is 1. The van der Waals surface area contributed by atoms with Gasteiger partial charge in [-0.05, 0) is 48.0 Å². The van der Waals surface area contributed by atoms with Gasteiger partial charge in [-0.1, -0.05) is 66.0 Å². The van der Waals surface area contributed by atoms with Gasteiger partial charge >= 0.3 is 0 Å². The van der Waals surface area contributed by atoms with Crippen LogP contribution in [0.3, 0.4) is 0 Å². The number of ether oxygens (including phenoxy) is 1. The molecule has 0 bridgehead atoms. The molecule has 6 rings (SSSR count). The monoisotopic (exact) mass is 397 g/mol. The summed E-state index contributed by atoms with van der Waals surface area (Å²) in [5, 5.41) is 3.57. The molecule has 4 aromatic carbocycles. The third kappa shape index (κ3) is 2.60. The van der Waals surface area contributed by atoms with E-state index in [1.807, 2.05) is 53.9 Å². The first-order valence-corrected chi connectivity index (χ1v) is 10.7. The molecule has 4 aromatic rings. The van der Waals surface area contributed by atoms with Crippen molar-refractivity contribution >= 4 is 34.9 Å². The van der Waals surface area contributed by atoms with Crippen LogP contribution in [-0.2, 0) is 0 Å². The first kappa shape index (κ1) is 16.2. The van der Waals surface area contributed by atoms with Gasteiger partial charge in [0.25, 0.3) is 0 Å². The molecular weight excluding hydrogens is 382 g/mol. The van der Waals surface area contributed by atoms with E-state index in [0.717, 1.165) is 28.4 Å². The summed E-state index contributed by atoms with van der Waals surface area (Å²) >= 11 is 3.69. The lowest BCUT2D eigenvalue weighted by Crippen LogP contribution is -2.04. The highest BCUT2D eigenvalue weighted by atomic mass is 32.2. The third-order valence-electron chi connectivity index (χ3n) is 4.94. The fourth-order valence-corrected chi connectivity index (χ4v) is 5.85. The van der Waals surface area contributed by atoms with Crippen molar-refractivity contribution in [3.63, 3.8) is 0 Å². The van der Waals surface area contributed by atoms with E-state index in [4.69, 9.17) is 4.74 Å². The SMILES string of the molecule is c1ccc2c(c1)Nc1c(cccc1-c1ccc3c(c1)Sc1ccccc1S3)O2. The molecule has 2 nitrogen and oxygen atoms in total. The summed E-state index contributed by atoms with van der Waals surface area (Å²) < 4.78 is 6.13. The highest BCUT2D eigenvalue weighted by Gasteiger charge is 2.21. The van der Waals surface area contributed by atoms with Gasteiger partial charge in [0.05, 0.1) is 11.4 Å². The quantitative estimate of drug-likeness (QED) is 0.305. The maximum atomic E-state index is 6.13. The van der Waals surface area contributed by atoms with Crippen molar-refractivity contribution in [1.29, 1.82) is 0 Å². The van der Waals surface area contributed by atoms with E-state index in [1.165, 1.54) is 25.1 Å². The van der Waals surface area contributed by atoms with Crippen molar-refractivity contribution in [2.75, 3.05) is 5.32 Å². The first-order valence-electron chi connectivity index (χ1n) is 9.11. The van der Waals surface area contributed by atoms with Gasteiger partial charge in [0.1, 0.15) is 0 Å². The van der Waals surface area contributed by atoms with E-state index in [2.05, 4.69) is 59.9 Å². The van der Waals surface area contributed by atoms with E-state index in [9.17, 15) is 0 Å². The Morgan fingerprint density at radius 1 is 0.607 bits per heavy atom. The molecule has 0 saturated heterocycles. The number of benzene rings is 4. The van der Waals surface area contributed by atoms with E-state index >= 15 is 0 Å². The average molecular weight is 398 g/mol. The number of anilines is 2. The number of para-hydroxylation sites is 3. The highest BCUT2D eigenvalue weighted by molar-refractivity contribution is 8.05. The molecule has 0 fully saturated rings. The number of rotatable bonds is 1. The predicted molar refractivity (Wildman–Crippen MR) is 116 cm³/mol. The van der Waals surface area contributed by atoms with Gasteiger partial charge in [-0.25, -0.2) is 0 Å². The molecule has 0 aliphatic carbocycles. The molecule has 0 aromatic heterocycles. The molecule has 0 radical (unpaired) electrons. The summed E-state index contributed by atoms with van der Waals surface area (Å²) in [5.41, 5.74) is 4.37. The van der Waals surface area contributed by atoms with Crippen LogP contribution >= 0.6 is 23.5 Å². The minimum absolute atomic E-state index is 0.862. The van der Waals surface area contributed by atoms with Gasteiger partial charge < -0.3 is 10.1 Å². The van der Waals surface area contributed by atoms with Crippen LogP contribution in [-0.4, -0.2) is 0 Å². The number of hydrogen-bond acceptors (Lipinski definition) is 4. The third-order valence-corrected chi connectivity index (χ3v) is 7.48. The Hall–Kier alpha value is -2.82. The Bertz CT molecular complexity index is 1230. The Labute approximate surface area is 172 Å². The van der Waals surface area contributed by atoms with Crippen LogP contribution in [0.1, 0.15) is 0 Å². The Morgan fingerprint density at radius 3 is 2.21 bits per heavy atom. The highest BCUT2D eigenvalue weighted by Crippen LogP contribution is 2.51. The Morgan fingerprint density at radius 2 is 1.32 bits per heavy atom. The van der Waals surface area contributed by atoms with Crippen molar-refractivity contribution in [1.82, 2.24) is 0 Å². The molecule has 28 heavy (non-hydrogen) atoms. The zero-order valence-corrected chi connectivity index (χ0v) is 16.4. The maximum Gasteiger partial charge on any atom is 0.151 e. The van der Waals surface area contributed by atoms with Crippen molar-refractivity contribution in [2.45, 2.75) is 19.6 Å². The van der Waals surface area contributed by atoms with Gasteiger partial charge in [-0.3, -0.25) is 0 Å². The molecule has 4 heteroatoms. The summed E-state index contributed by atoms with van der Waals surface area (Å²) in [7, 11) is 0. The van der Waals surface area contributed by atoms with Crippen molar-refractivity contribution in [2.24, 2.45) is 0 Å². The molecule has 0 unspecified atom stereocenters. The predicted octanol–water partition coefficient (Wildman–Crippen LogP) is 7.82. The van der Waals surface area contributed by atoms with Crippen molar-refractivity contribution < 1.29 is 4.74 Å². The topological polar surface area (TPSA) is 21.3 Å². The van der Waals surface area contributed by atoms with E-state index in [0.29, 0.717) is 0 Å². The number of fused-ring (bicyclic) bond motifs is 4. The molecule has 0 spiro atoms. The minimum atomic E-state index is 0.862. The first-order chi connectivity index (χ1) is 13.8. The lowest BCUT2D eigenvalue weighted by atomic mass is 10.0. The van der Waals surface area contributed by atoms with Gasteiger partial charge in [-0.15, -0.1) is 0 Å². The second-order valence-electron chi connectivity index (χ2n) is 6.71. The standard InChI is InChI=1S/C24H15NOS2/c1-2-8-18-17(7-1)25-24-16(6-5-9-19(24)26-18)15-12-13-22-23(14-15)28-21-11-4-3-10-20(21)27-22/h1-14,25H. The lowest BCUT2D eigenvalue weighted by Gasteiger charge is -2.24. The van der Waals surface area contributed by atoms with E-state index < -0.39 is 0 Å². The van der Waals surface area contributed by atoms with Crippen LogP contribution < -0.4 is 10.1 Å². The van der Waals surface area contributed by atoms with Crippen LogP contribution in [0.4, 0.5) is 11.4 Å². The molecule has 2 heterocycles. The lowest BCUT2D eigenvalue weighted by molar-refractivity contribution is 0.481. The van der Waals surface area contributed by atoms with Gasteiger partial charge in [0.15, 0.2) is 11.5 Å². The minimum Gasteiger partial charge on any atom is -0.453 e. The molecule has 2 aliphatic rings. The van der Waals surface area contributed by atoms with Gasteiger partial charge in [0.2, 0.25) is 0 Å². The summed E-state index contributed by atoms with van der Waals surface area (Å²) in [6.07, 6.45) is 0. The summed E-state index contributed by atoms with van der Waals surface area (Å²) in [6, 6.07) is 29.6. The molecule has 134 valence electrons. The van der Waals surface area contributed by atoms with Crippen LogP contribution in [0.2, 0.25) is 0 Å². The van der Waals surface area contributed by atoms with Crippen LogP contribution in [0.15, 0.2) is 105 Å². The van der Waals surface area contributed by atoms with Crippen molar-refractivity contribution in [3.8, 4) is 22.6 Å². The molecule has 0 atom stereocenters. The summed E-state index contributed by atoms with van der Waals surface area (Å²) in [4.78, 5) is 5.27. The molecule has 1 N–H and O–H groups in total. The normalized spacial score (nSPS) is 13.3. The zero-order chi connectivity index (χ0) is 18.5. The largest absolute Gasteiger partial charge is 0.453 e. The Balaban J connectivity index is 1.43. The molecule has 0 amide bonds. The van der Waals surface area contributed by atoms with Crippen LogP contribution in [0.25, 0.3) is 11.1 Å². The van der Waals surface area contributed by atoms with E-state index in [-0.39, 0.29) is 0 Å². The van der Waals surface area contributed by atoms with Gasteiger partial charge in [-0.2, -0.15) is 0 Å². The van der Waals surface area contributed by atoms with Gasteiger partial charge in [0, 0.05) is 25.1 Å². The fraction of sp³-hybridized carbons (Fsp3) is 0. The van der Waals surface area contributed by atoms with E-state index in [1.54, 1.807) is 0 Å². The van der Waals surface area contributed by atoms with Crippen LogP contribution in [0, 0.1) is 0 Å². The summed E-state index contributed by atoms with van der Waals surface area (Å²) in [6.45, 7) is 0. The molecular formula is C24H15NOS2. The van der Waals surface area contributed by atoms with Crippen molar-refractivity contribution in [3.05, 3.63) is 84.9 Å². The average Bonchev–Trinajstić information content (AvgIpc) is 2.75. The number of nitrogens with one attached hydrogen (secondary N) is 1. The molecule has 0 saturated carbocycles. The summed E-state index contributed by atoms with van der Waals surface area (Å²) in [5.74, 6) is 1.72. The second kappa shape index (κ2) is 6.36. The molecule has 2 aliphatic heterocycles. The zero-order valence-electron chi connectivity index (χ0n) is 14.8. The smallest absolute Gasteiger partial charge is 0.151 e. The Kier molecular flexibility index (Phi) is 3.67. The second-order valence-corrected chi connectivity index (χ2v) is 8.88. The van der Waals surface area contributed by atoms with Crippen LogP contribution in [0.5, 0.6) is 11.5 Å².